The van der Waals surface area contributed by atoms with Crippen molar-refractivity contribution < 1.29 is 19.1 Å². The number of halogens is 1. The molecule has 10 nitrogen and oxygen atoms in total. The topological polar surface area (TPSA) is 159 Å². The third-order valence-corrected chi connectivity index (χ3v) is 3.48. The molecule has 138 valence electrons. The second-order valence-electron chi connectivity index (χ2n) is 5.30. The maximum atomic E-state index is 12.5. The van der Waals surface area contributed by atoms with Gasteiger partial charge < -0.3 is 16.2 Å². The van der Waals surface area contributed by atoms with Gasteiger partial charge in [0.25, 0.3) is 5.91 Å². The first-order valence-electron chi connectivity index (χ1n) is 7.74. The first-order chi connectivity index (χ1) is 12.5. The van der Waals surface area contributed by atoms with Crippen LogP contribution in [0.25, 0.3) is 0 Å². The minimum Gasteiger partial charge on any atom is -0.478 e. The molecule has 0 fully saturated rings. The highest BCUT2D eigenvalue weighted by molar-refractivity contribution is 6.04. The zero-order valence-corrected chi connectivity index (χ0v) is 13.7. The van der Waals surface area contributed by atoms with E-state index in [1.165, 1.54) is 18.2 Å². The molecule has 0 aliphatic heterocycles. The molecule has 5 N–H and O–H groups in total. The number of carbonyl (C=O) groups is 2. The number of aromatic nitrogens is 4. The van der Waals surface area contributed by atoms with Crippen molar-refractivity contribution in [3.8, 4) is 0 Å². The predicted molar refractivity (Wildman–Crippen MR) is 89.5 cm³/mol. The van der Waals surface area contributed by atoms with Gasteiger partial charge in [-0.25, -0.2) is 9.18 Å². The number of amides is 1. The molecular formula is C15H18FN7O3. The lowest BCUT2D eigenvalue weighted by molar-refractivity contribution is 0.0690. The second kappa shape index (κ2) is 9.20. The fraction of sp³-hybridized carbons (Fsp3) is 0.333. The Morgan fingerprint density at radius 2 is 2.08 bits per heavy atom. The van der Waals surface area contributed by atoms with Crippen LogP contribution in [0.5, 0.6) is 0 Å². The summed E-state index contributed by atoms with van der Waals surface area (Å²) in [5.41, 5.74) is 5.20. The molecule has 1 atom stereocenters. The largest absolute Gasteiger partial charge is 0.478 e. The van der Waals surface area contributed by atoms with Crippen LogP contribution in [0.4, 0.5) is 4.39 Å². The normalized spacial score (nSPS) is 12.6. The highest BCUT2D eigenvalue weighted by Gasteiger charge is 2.22. The zero-order chi connectivity index (χ0) is 18.9. The highest BCUT2D eigenvalue weighted by atomic mass is 19.1. The number of nitrogens with zero attached hydrogens (tertiary/aromatic N) is 4. The Kier molecular flexibility index (Phi) is 6.71. The van der Waals surface area contributed by atoms with Gasteiger partial charge in [0.15, 0.2) is 5.82 Å². The van der Waals surface area contributed by atoms with E-state index in [0.717, 1.165) is 0 Å². The van der Waals surface area contributed by atoms with Gasteiger partial charge in [-0.2, -0.15) is 5.21 Å². The quantitative estimate of drug-likeness (QED) is 0.286. The van der Waals surface area contributed by atoms with E-state index in [4.69, 9.17) is 5.73 Å². The Morgan fingerprint density at radius 3 is 2.69 bits per heavy atom. The van der Waals surface area contributed by atoms with E-state index in [0.29, 0.717) is 12.8 Å². The predicted octanol–water partition coefficient (Wildman–Crippen LogP) is 0.476. The van der Waals surface area contributed by atoms with Crippen molar-refractivity contribution in [3.05, 3.63) is 41.2 Å². The average molecular weight is 363 g/mol. The van der Waals surface area contributed by atoms with Gasteiger partial charge in [-0.3, -0.25) is 9.79 Å². The molecular weight excluding hydrogens is 345 g/mol. The lowest BCUT2D eigenvalue weighted by atomic mass is 10.1. The van der Waals surface area contributed by atoms with E-state index in [-0.39, 0.29) is 29.3 Å². The molecule has 1 aromatic carbocycles. The smallest absolute Gasteiger partial charge is 0.336 e. The maximum Gasteiger partial charge on any atom is 0.336 e. The summed E-state index contributed by atoms with van der Waals surface area (Å²) in [5.74, 6) is -1.64. The van der Waals surface area contributed by atoms with Crippen molar-refractivity contribution >= 4 is 17.7 Å². The molecule has 2 rings (SSSR count). The fourth-order valence-electron chi connectivity index (χ4n) is 2.25. The van der Waals surface area contributed by atoms with Crippen LogP contribution < -0.4 is 11.1 Å². The molecule has 1 heterocycles. The van der Waals surface area contributed by atoms with Crippen LogP contribution in [0, 0.1) is 0 Å². The fourth-order valence-corrected chi connectivity index (χ4v) is 2.25. The van der Waals surface area contributed by atoms with E-state index in [1.54, 1.807) is 6.07 Å². The number of hydrogen-bond acceptors (Lipinski definition) is 6. The van der Waals surface area contributed by atoms with E-state index >= 15 is 0 Å². The molecule has 1 amide bonds. The summed E-state index contributed by atoms with van der Waals surface area (Å²) in [7, 11) is 0. The number of tetrazole rings is 1. The van der Waals surface area contributed by atoms with Crippen LogP contribution in [0.15, 0.2) is 29.3 Å². The molecule has 1 aromatic heterocycles. The van der Waals surface area contributed by atoms with Gasteiger partial charge in [-0.15, -0.1) is 10.2 Å². The lowest BCUT2D eigenvalue weighted by Crippen LogP contribution is -2.30. The van der Waals surface area contributed by atoms with Crippen LogP contribution in [-0.4, -0.2) is 56.7 Å². The van der Waals surface area contributed by atoms with Gasteiger partial charge in [0.05, 0.1) is 17.2 Å². The molecule has 0 aliphatic rings. The number of hydrogen-bond donors (Lipinski definition) is 4. The number of nitrogens with two attached hydrogens (primary N) is 1. The van der Waals surface area contributed by atoms with Gasteiger partial charge in [0, 0.05) is 6.54 Å². The van der Waals surface area contributed by atoms with Crippen molar-refractivity contribution in [3.63, 3.8) is 0 Å². The van der Waals surface area contributed by atoms with Crippen LogP contribution >= 0.6 is 0 Å². The van der Waals surface area contributed by atoms with Gasteiger partial charge in [0.2, 0.25) is 0 Å². The number of carboxylic acids is 1. The standard InChI is InChI=1S/C15H18FN7O3/c16-8-12(17)18-7-3-6-11(13-20-22-23-21-13)19-14(24)9-4-1-2-5-10(9)15(25)26/h1-2,4-5,11H,3,6-8H2,(H2,17,18)(H,19,24)(H,25,26)(H,20,21,22,23)/t11-/m0/s1. The van der Waals surface area contributed by atoms with Crippen molar-refractivity contribution in [1.29, 1.82) is 0 Å². The number of aromatic carboxylic acids is 1. The van der Waals surface area contributed by atoms with Crippen LogP contribution in [0.2, 0.25) is 0 Å². The average Bonchev–Trinajstić information content (AvgIpc) is 3.18. The summed E-state index contributed by atoms with van der Waals surface area (Å²) in [6.45, 7) is -0.553. The van der Waals surface area contributed by atoms with E-state index < -0.39 is 24.6 Å². The number of H-pyrrole nitrogens is 1. The monoisotopic (exact) mass is 363 g/mol. The third kappa shape index (κ3) is 5.06. The molecule has 0 saturated carbocycles. The number of nitrogens with one attached hydrogen (secondary N) is 2. The van der Waals surface area contributed by atoms with Gasteiger partial charge in [-0.05, 0) is 25.0 Å². The number of aromatic amines is 1. The molecule has 0 aliphatic carbocycles. The molecule has 0 bridgehead atoms. The SMILES string of the molecule is NC(CF)=NCCC[C@H](NC(=O)c1ccccc1C(=O)O)c1nn[nH]n1. The maximum absolute atomic E-state index is 12.5. The van der Waals surface area contributed by atoms with Crippen molar-refractivity contribution in [1.82, 2.24) is 25.9 Å². The molecule has 0 unspecified atom stereocenters. The summed E-state index contributed by atoms with van der Waals surface area (Å²) in [6, 6.07) is 5.24. The van der Waals surface area contributed by atoms with Gasteiger partial charge >= 0.3 is 5.97 Å². The number of carbonyl (C=O) groups excluding carboxylic acids is 1. The Bertz CT molecular complexity index is 779. The Hall–Kier alpha value is -3.37. The van der Waals surface area contributed by atoms with Crippen LogP contribution in [0.1, 0.15) is 45.4 Å². The Balaban J connectivity index is 2.10. The van der Waals surface area contributed by atoms with E-state index in [1.807, 2.05) is 0 Å². The Labute approximate surface area is 147 Å². The second-order valence-corrected chi connectivity index (χ2v) is 5.30. The summed E-state index contributed by atoms with van der Waals surface area (Å²) < 4.78 is 12.3. The van der Waals surface area contributed by atoms with Crippen molar-refractivity contribution in [2.75, 3.05) is 13.2 Å². The molecule has 11 heteroatoms. The zero-order valence-electron chi connectivity index (χ0n) is 13.7. The summed E-state index contributed by atoms with van der Waals surface area (Å²) in [6.07, 6.45) is 0.852. The first-order valence-corrected chi connectivity index (χ1v) is 7.74. The molecule has 0 radical (unpaired) electrons. The molecule has 0 saturated heterocycles. The van der Waals surface area contributed by atoms with Crippen LogP contribution in [-0.2, 0) is 0 Å². The molecule has 0 spiro atoms. The minimum absolute atomic E-state index is 0.0215. The number of aliphatic imine (C=N–C) groups is 1. The number of carboxylic acid groups (broad SMARTS) is 1. The molecule has 26 heavy (non-hydrogen) atoms. The Morgan fingerprint density at radius 1 is 1.35 bits per heavy atom. The highest BCUT2D eigenvalue weighted by Crippen LogP contribution is 2.16. The number of benzene rings is 1. The van der Waals surface area contributed by atoms with E-state index in [9.17, 15) is 19.1 Å². The molecule has 2 aromatic rings. The third-order valence-electron chi connectivity index (χ3n) is 3.48. The van der Waals surface area contributed by atoms with Gasteiger partial charge in [0.1, 0.15) is 12.5 Å². The number of amidine groups is 1. The van der Waals surface area contributed by atoms with Crippen molar-refractivity contribution in [2.45, 2.75) is 18.9 Å². The van der Waals surface area contributed by atoms with Crippen LogP contribution in [0.3, 0.4) is 0 Å². The summed E-state index contributed by atoms with van der Waals surface area (Å²) in [5, 5.41) is 25.4. The number of alkyl halides is 1. The van der Waals surface area contributed by atoms with Gasteiger partial charge in [-0.1, -0.05) is 17.3 Å². The minimum atomic E-state index is -1.21. The number of rotatable bonds is 9. The van der Waals surface area contributed by atoms with Crippen molar-refractivity contribution in [2.24, 2.45) is 10.7 Å². The summed E-state index contributed by atoms with van der Waals surface area (Å²) >= 11 is 0. The first kappa shape index (κ1) is 19.0. The van der Waals surface area contributed by atoms with E-state index in [2.05, 4.69) is 30.9 Å². The summed E-state index contributed by atoms with van der Waals surface area (Å²) in [4.78, 5) is 27.6. The lowest BCUT2D eigenvalue weighted by Gasteiger charge is -2.16.